The Morgan fingerprint density at radius 2 is 2.33 bits per heavy atom. The number of nitrogens with zero attached hydrogens (tertiary/aromatic N) is 1. The second-order valence-corrected chi connectivity index (χ2v) is 4.70. The third-order valence-corrected chi connectivity index (χ3v) is 2.50. The molecule has 0 saturated carbocycles. The van der Waals surface area contributed by atoms with Gasteiger partial charge in [-0.2, -0.15) is 0 Å². The molecule has 1 rings (SSSR count). The maximum Gasteiger partial charge on any atom is 0.237 e. The summed E-state index contributed by atoms with van der Waals surface area (Å²) >= 11 is 0. The number of H-pyrrole nitrogens is 1. The van der Waals surface area contributed by atoms with E-state index in [4.69, 9.17) is 5.73 Å². The molecule has 0 aliphatic carbocycles. The number of carbonyl (C=O) groups excluding carboxylic acids is 2. The summed E-state index contributed by atoms with van der Waals surface area (Å²) in [4.78, 5) is 29.2. The van der Waals surface area contributed by atoms with E-state index in [0.717, 1.165) is 5.69 Å². The number of carbonyl (C=O) groups is 1. The standard InChI is InChI=1S/C12H19N4O2/c1-8(2)3-10(6-17)16-12(18)11(13)4-9-5-14-7-15-9/h5,7-8,10-11H,3-4,13H2,1-2H3,(H,14,15)(H,16,18)/t10-,11-/m0/s1. The molecule has 1 amide bonds. The Morgan fingerprint density at radius 1 is 1.61 bits per heavy atom. The molecule has 0 aliphatic rings. The molecule has 2 atom stereocenters. The fraction of sp³-hybridized carbons (Fsp3) is 0.583. The quantitative estimate of drug-likeness (QED) is 0.631. The number of nitrogens with two attached hydrogens (primary N) is 1. The number of amides is 1. The van der Waals surface area contributed by atoms with Gasteiger partial charge in [0.2, 0.25) is 12.2 Å². The van der Waals surface area contributed by atoms with E-state index in [1.54, 1.807) is 6.20 Å². The summed E-state index contributed by atoms with van der Waals surface area (Å²) in [5.41, 5.74) is 6.54. The van der Waals surface area contributed by atoms with Gasteiger partial charge in [0.15, 0.2) is 0 Å². The Hall–Kier alpha value is -1.69. The van der Waals surface area contributed by atoms with E-state index in [-0.39, 0.29) is 5.91 Å². The van der Waals surface area contributed by atoms with Crippen LogP contribution in [0.25, 0.3) is 0 Å². The molecule has 6 nitrogen and oxygen atoms in total. The number of nitrogens with one attached hydrogen (secondary N) is 2. The van der Waals surface area contributed by atoms with Crippen LogP contribution in [0.5, 0.6) is 0 Å². The fourth-order valence-electron chi connectivity index (χ4n) is 1.61. The van der Waals surface area contributed by atoms with Crippen molar-refractivity contribution >= 4 is 12.2 Å². The first-order valence-corrected chi connectivity index (χ1v) is 5.93. The molecule has 1 heterocycles. The Morgan fingerprint density at radius 3 is 2.83 bits per heavy atom. The predicted octanol–water partition coefficient (Wildman–Crippen LogP) is -0.0799. The van der Waals surface area contributed by atoms with E-state index in [1.165, 1.54) is 6.33 Å². The summed E-state index contributed by atoms with van der Waals surface area (Å²) in [6.07, 6.45) is 5.89. The van der Waals surface area contributed by atoms with Crippen LogP contribution in [-0.2, 0) is 16.0 Å². The van der Waals surface area contributed by atoms with Crippen molar-refractivity contribution in [2.24, 2.45) is 11.7 Å². The highest BCUT2D eigenvalue weighted by Crippen LogP contribution is 2.03. The van der Waals surface area contributed by atoms with Crippen molar-refractivity contribution in [2.45, 2.75) is 38.8 Å². The fourth-order valence-corrected chi connectivity index (χ4v) is 1.61. The van der Waals surface area contributed by atoms with Crippen LogP contribution < -0.4 is 11.1 Å². The van der Waals surface area contributed by atoms with Crippen LogP contribution in [0.3, 0.4) is 0 Å². The van der Waals surface area contributed by atoms with E-state index in [2.05, 4.69) is 15.3 Å². The molecule has 6 heteroatoms. The first-order chi connectivity index (χ1) is 8.52. The molecule has 1 radical (unpaired) electrons. The average Bonchev–Trinajstić information content (AvgIpc) is 2.80. The van der Waals surface area contributed by atoms with Gasteiger partial charge in [0.25, 0.3) is 0 Å². The van der Waals surface area contributed by atoms with E-state index < -0.39 is 12.1 Å². The highest BCUT2D eigenvalue weighted by atomic mass is 16.2. The molecule has 4 N–H and O–H groups in total. The Kier molecular flexibility index (Phi) is 5.51. The lowest BCUT2D eigenvalue weighted by atomic mass is 10.0. The van der Waals surface area contributed by atoms with Gasteiger partial charge in [-0.15, -0.1) is 0 Å². The molecule has 18 heavy (non-hydrogen) atoms. The van der Waals surface area contributed by atoms with E-state index in [1.807, 2.05) is 20.1 Å². The zero-order chi connectivity index (χ0) is 13.5. The topological polar surface area (TPSA) is 101 Å². The summed E-state index contributed by atoms with van der Waals surface area (Å²) in [5.74, 6) is -0.0424. The van der Waals surface area contributed by atoms with E-state index >= 15 is 0 Å². The highest BCUT2D eigenvalue weighted by Gasteiger charge is 2.19. The zero-order valence-electron chi connectivity index (χ0n) is 10.6. The van der Waals surface area contributed by atoms with Crippen molar-refractivity contribution in [2.75, 3.05) is 0 Å². The molecule has 1 aromatic rings. The van der Waals surface area contributed by atoms with Gasteiger partial charge in [0.1, 0.15) is 0 Å². The van der Waals surface area contributed by atoms with E-state index in [9.17, 15) is 9.59 Å². The SMILES string of the molecule is CC(C)C[C@@H]([C]=O)NC(=O)[C@@H](N)Cc1cnc[nH]1. The lowest BCUT2D eigenvalue weighted by Crippen LogP contribution is -2.47. The molecular formula is C12H19N4O2. The average molecular weight is 251 g/mol. The summed E-state index contributed by atoms with van der Waals surface area (Å²) in [7, 11) is 0. The van der Waals surface area contributed by atoms with Gasteiger partial charge in [0.05, 0.1) is 18.4 Å². The van der Waals surface area contributed by atoms with Gasteiger partial charge in [-0.3, -0.25) is 9.59 Å². The molecular weight excluding hydrogens is 232 g/mol. The zero-order valence-corrected chi connectivity index (χ0v) is 10.6. The number of imidazole rings is 1. The van der Waals surface area contributed by atoms with Crippen LogP contribution in [0.1, 0.15) is 26.0 Å². The number of aromatic amines is 1. The molecule has 0 fully saturated rings. The van der Waals surface area contributed by atoms with Crippen LogP contribution in [0, 0.1) is 5.92 Å². The van der Waals surface area contributed by atoms with Gasteiger partial charge in [0, 0.05) is 18.3 Å². The third-order valence-electron chi connectivity index (χ3n) is 2.50. The van der Waals surface area contributed by atoms with Crippen LogP contribution in [0.2, 0.25) is 0 Å². The Bertz CT molecular complexity index is 375. The molecule has 0 saturated heterocycles. The van der Waals surface area contributed by atoms with Crippen LogP contribution in [0.15, 0.2) is 12.5 Å². The molecule has 99 valence electrons. The van der Waals surface area contributed by atoms with Gasteiger partial charge >= 0.3 is 0 Å². The van der Waals surface area contributed by atoms with Crippen molar-refractivity contribution in [1.82, 2.24) is 15.3 Å². The van der Waals surface area contributed by atoms with Crippen LogP contribution >= 0.6 is 0 Å². The number of aromatic nitrogens is 2. The van der Waals surface area contributed by atoms with Crippen molar-refractivity contribution in [1.29, 1.82) is 0 Å². The Balaban J connectivity index is 2.45. The van der Waals surface area contributed by atoms with Gasteiger partial charge in [-0.05, 0) is 12.3 Å². The minimum Gasteiger partial charge on any atom is -0.348 e. The summed E-state index contributed by atoms with van der Waals surface area (Å²) in [5, 5.41) is 2.59. The van der Waals surface area contributed by atoms with Crippen LogP contribution in [0.4, 0.5) is 0 Å². The highest BCUT2D eigenvalue weighted by molar-refractivity contribution is 5.84. The summed E-state index contributed by atoms with van der Waals surface area (Å²) in [6, 6.07) is -1.29. The van der Waals surface area contributed by atoms with E-state index in [0.29, 0.717) is 18.8 Å². The smallest absolute Gasteiger partial charge is 0.237 e. The molecule has 0 aliphatic heterocycles. The normalized spacial score (nSPS) is 14.2. The van der Waals surface area contributed by atoms with Crippen molar-refractivity contribution in [3.63, 3.8) is 0 Å². The first kappa shape index (κ1) is 14.4. The minimum absolute atomic E-state index is 0.306. The van der Waals surface area contributed by atoms with Crippen molar-refractivity contribution in [3.8, 4) is 0 Å². The number of rotatable bonds is 7. The maximum absolute atomic E-state index is 11.8. The lowest BCUT2D eigenvalue weighted by Gasteiger charge is -2.17. The second-order valence-electron chi connectivity index (χ2n) is 4.70. The Labute approximate surface area is 106 Å². The molecule has 0 bridgehead atoms. The molecule has 0 unspecified atom stereocenters. The second kappa shape index (κ2) is 6.90. The molecule has 0 spiro atoms. The van der Waals surface area contributed by atoms with Gasteiger partial charge < -0.3 is 16.0 Å². The predicted molar refractivity (Wildman–Crippen MR) is 67.3 cm³/mol. The maximum atomic E-state index is 11.8. The monoisotopic (exact) mass is 251 g/mol. The van der Waals surface area contributed by atoms with Gasteiger partial charge in [-0.25, -0.2) is 4.98 Å². The summed E-state index contributed by atoms with van der Waals surface area (Å²) < 4.78 is 0. The number of hydrogen-bond acceptors (Lipinski definition) is 4. The van der Waals surface area contributed by atoms with Crippen LogP contribution in [-0.4, -0.2) is 34.2 Å². The van der Waals surface area contributed by atoms with Crippen molar-refractivity contribution in [3.05, 3.63) is 18.2 Å². The summed E-state index contributed by atoms with van der Waals surface area (Å²) in [6.45, 7) is 3.95. The molecule has 0 aromatic carbocycles. The van der Waals surface area contributed by atoms with Crippen molar-refractivity contribution < 1.29 is 9.59 Å². The van der Waals surface area contributed by atoms with Gasteiger partial charge in [-0.1, -0.05) is 13.8 Å². The first-order valence-electron chi connectivity index (χ1n) is 5.93. The largest absolute Gasteiger partial charge is 0.348 e. The number of hydrogen-bond donors (Lipinski definition) is 3. The lowest BCUT2D eigenvalue weighted by molar-refractivity contribution is -0.122. The third kappa shape index (κ3) is 4.67. The molecule has 1 aromatic heterocycles. The minimum atomic E-state index is -0.700.